The number of rotatable bonds is 3. The molecule has 134 valence electrons. The number of aromatic nitrogens is 2. The number of para-hydroxylation sites is 1. The minimum Gasteiger partial charge on any atom is -0.494 e. The smallest absolute Gasteiger partial charge is 0.150 e. The Morgan fingerprint density at radius 3 is 2.81 bits per heavy atom. The van der Waals surface area contributed by atoms with Gasteiger partial charge in [-0.2, -0.15) is 5.10 Å². The van der Waals surface area contributed by atoms with Crippen LogP contribution in [0, 0.1) is 12.3 Å². The third kappa shape index (κ3) is 2.23. The zero-order valence-electron chi connectivity index (χ0n) is 15.3. The number of H-pyrrole nitrogens is 1. The van der Waals surface area contributed by atoms with E-state index in [1.54, 1.807) is 7.11 Å². The molecule has 2 N–H and O–H groups in total. The summed E-state index contributed by atoms with van der Waals surface area (Å²) < 4.78 is 5.96. The summed E-state index contributed by atoms with van der Waals surface area (Å²) in [6, 6.07) is 10.7. The molecule has 3 aromatic rings. The lowest BCUT2D eigenvalue weighted by Gasteiger charge is -2.39. The fraction of sp³-hybridized carbons (Fsp3) is 0.381. The molecule has 0 radical (unpaired) electrons. The van der Waals surface area contributed by atoms with Crippen molar-refractivity contribution in [2.45, 2.75) is 13.3 Å². The predicted octanol–water partition coefficient (Wildman–Crippen LogP) is 3.35. The van der Waals surface area contributed by atoms with Crippen molar-refractivity contribution >= 4 is 16.6 Å². The predicted molar refractivity (Wildman–Crippen MR) is 105 cm³/mol. The third-order valence-corrected chi connectivity index (χ3v) is 6.08. The Bertz CT molecular complexity index is 973. The normalized spacial score (nSPS) is 18.5. The Hall–Kier alpha value is -2.53. The standard InChI is InChI=1S/C21H24N4O/c1-14-6-7-17-16(10-23-24-17)19(14)15-4-3-5-18(20(15)26-2)25-9-8-21(13-25)11-22-12-21/h3-7,10,22H,8-9,11-13H2,1-2H3,(H,23,24). The number of hydrogen-bond acceptors (Lipinski definition) is 4. The van der Waals surface area contributed by atoms with E-state index in [9.17, 15) is 0 Å². The first-order chi connectivity index (χ1) is 12.7. The van der Waals surface area contributed by atoms with E-state index in [2.05, 4.69) is 57.7 Å². The Labute approximate surface area is 153 Å². The van der Waals surface area contributed by atoms with E-state index in [1.165, 1.54) is 23.2 Å². The SMILES string of the molecule is COc1c(-c2c(C)ccc3[nH]ncc23)cccc1N1CCC2(CNC2)C1. The summed E-state index contributed by atoms with van der Waals surface area (Å²) in [5.41, 5.74) is 6.29. The van der Waals surface area contributed by atoms with E-state index in [0.29, 0.717) is 5.41 Å². The number of aryl methyl sites for hydroxylation is 1. The van der Waals surface area contributed by atoms with Crippen molar-refractivity contribution in [2.24, 2.45) is 5.41 Å². The van der Waals surface area contributed by atoms with Gasteiger partial charge in [-0.05, 0) is 36.6 Å². The molecule has 0 aliphatic carbocycles. The van der Waals surface area contributed by atoms with E-state index in [0.717, 1.165) is 48.4 Å². The van der Waals surface area contributed by atoms with Crippen LogP contribution >= 0.6 is 0 Å². The summed E-state index contributed by atoms with van der Waals surface area (Å²) in [5.74, 6) is 0.966. The van der Waals surface area contributed by atoms with Gasteiger partial charge in [-0.1, -0.05) is 18.2 Å². The van der Waals surface area contributed by atoms with Crippen LogP contribution in [0.4, 0.5) is 5.69 Å². The van der Waals surface area contributed by atoms with E-state index >= 15 is 0 Å². The van der Waals surface area contributed by atoms with Gasteiger partial charge in [0, 0.05) is 42.5 Å². The first-order valence-corrected chi connectivity index (χ1v) is 9.26. The van der Waals surface area contributed by atoms with Crippen LogP contribution in [0.2, 0.25) is 0 Å². The Balaban J connectivity index is 1.64. The first kappa shape index (κ1) is 15.7. The molecule has 0 amide bonds. The van der Waals surface area contributed by atoms with Crippen LogP contribution in [0.1, 0.15) is 12.0 Å². The fourth-order valence-corrected chi connectivity index (χ4v) is 4.58. The van der Waals surface area contributed by atoms with Crippen LogP contribution in [-0.4, -0.2) is 43.5 Å². The number of ether oxygens (including phenoxy) is 1. The van der Waals surface area contributed by atoms with Gasteiger partial charge in [-0.15, -0.1) is 0 Å². The van der Waals surface area contributed by atoms with Crippen molar-refractivity contribution in [1.29, 1.82) is 0 Å². The van der Waals surface area contributed by atoms with Gasteiger partial charge in [-0.3, -0.25) is 5.10 Å². The van der Waals surface area contributed by atoms with Crippen molar-refractivity contribution in [2.75, 3.05) is 38.2 Å². The molecule has 2 aromatic carbocycles. The van der Waals surface area contributed by atoms with Crippen molar-refractivity contribution in [3.8, 4) is 16.9 Å². The van der Waals surface area contributed by atoms with Crippen LogP contribution in [-0.2, 0) is 0 Å². The second kappa shape index (κ2) is 5.74. The molecule has 2 aliphatic rings. The number of methoxy groups -OCH3 is 1. The molecule has 0 atom stereocenters. The van der Waals surface area contributed by atoms with Gasteiger partial charge in [0.05, 0.1) is 24.5 Å². The first-order valence-electron chi connectivity index (χ1n) is 9.26. The molecule has 0 bridgehead atoms. The highest BCUT2D eigenvalue weighted by atomic mass is 16.5. The van der Waals surface area contributed by atoms with Gasteiger partial charge in [0.1, 0.15) is 5.75 Å². The van der Waals surface area contributed by atoms with Gasteiger partial charge >= 0.3 is 0 Å². The fourth-order valence-electron chi connectivity index (χ4n) is 4.58. The quantitative estimate of drug-likeness (QED) is 0.762. The molecule has 5 nitrogen and oxygen atoms in total. The summed E-state index contributed by atoms with van der Waals surface area (Å²) in [4.78, 5) is 2.49. The molecule has 2 fully saturated rings. The minimum absolute atomic E-state index is 0.460. The highest BCUT2D eigenvalue weighted by Crippen LogP contribution is 2.45. The maximum absolute atomic E-state index is 5.96. The number of nitrogens with one attached hydrogen (secondary N) is 2. The monoisotopic (exact) mass is 348 g/mol. The number of aromatic amines is 1. The van der Waals surface area contributed by atoms with E-state index in [4.69, 9.17) is 4.74 Å². The second-order valence-electron chi connectivity index (χ2n) is 7.72. The number of nitrogens with zero attached hydrogens (tertiary/aromatic N) is 2. The van der Waals surface area contributed by atoms with Crippen molar-refractivity contribution in [3.63, 3.8) is 0 Å². The zero-order valence-corrected chi connectivity index (χ0v) is 15.3. The van der Waals surface area contributed by atoms with Crippen molar-refractivity contribution in [3.05, 3.63) is 42.1 Å². The van der Waals surface area contributed by atoms with Crippen LogP contribution < -0.4 is 15.0 Å². The molecule has 5 heteroatoms. The summed E-state index contributed by atoms with van der Waals surface area (Å²) in [7, 11) is 1.78. The Morgan fingerprint density at radius 2 is 2.08 bits per heavy atom. The molecule has 2 saturated heterocycles. The van der Waals surface area contributed by atoms with Crippen molar-refractivity contribution in [1.82, 2.24) is 15.5 Å². The van der Waals surface area contributed by atoms with E-state index < -0.39 is 0 Å². The largest absolute Gasteiger partial charge is 0.494 e. The zero-order chi connectivity index (χ0) is 17.7. The third-order valence-electron chi connectivity index (χ3n) is 6.08. The van der Waals surface area contributed by atoms with Gasteiger partial charge < -0.3 is 15.0 Å². The Kier molecular flexibility index (Phi) is 3.47. The van der Waals surface area contributed by atoms with E-state index in [-0.39, 0.29) is 0 Å². The topological polar surface area (TPSA) is 53.2 Å². The van der Waals surface area contributed by atoms with Crippen molar-refractivity contribution < 1.29 is 4.74 Å². The molecule has 0 saturated carbocycles. The lowest BCUT2D eigenvalue weighted by atomic mass is 9.81. The van der Waals surface area contributed by atoms with Crippen LogP contribution in [0.3, 0.4) is 0 Å². The van der Waals surface area contributed by atoms with Crippen LogP contribution in [0.25, 0.3) is 22.0 Å². The van der Waals surface area contributed by atoms with Gasteiger partial charge in [0.2, 0.25) is 0 Å². The van der Waals surface area contributed by atoms with Crippen LogP contribution in [0.15, 0.2) is 36.5 Å². The highest BCUT2D eigenvalue weighted by molar-refractivity contribution is 5.99. The lowest BCUT2D eigenvalue weighted by Crippen LogP contribution is -2.54. The van der Waals surface area contributed by atoms with Gasteiger partial charge in [0.25, 0.3) is 0 Å². The average Bonchev–Trinajstić information content (AvgIpc) is 3.28. The maximum Gasteiger partial charge on any atom is 0.150 e. The number of anilines is 1. The Morgan fingerprint density at radius 1 is 1.19 bits per heavy atom. The van der Waals surface area contributed by atoms with Gasteiger partial charge in [0.15, 0.2) is 0 Å². The minimum atomic E-state index is 0.460. The average molecular weight is 348 g/mol. The molecule has 0 unspecified atom stereocenters. The molecule has 1 aromatic heterocycles. The summed E-state index contributed by atoms with van der Waals surface area (Å²) in [6.45, 7) is 6.63. The number of hydrogen-bond donors (Lipinski definition) is 2. The number of fused-ring (bicyclic) bond motifs is 1. The summed E-state index contributed by atoms with van der Waals surface area (Å²) in [5, 5.41) is 11.9. The summed E-state index contributed by atoms with van der Waals surface area (Å²) >= 11 is 0. The molecule has 1 spiro atoms. The van der Waals surface area contributed by atoms with Gasteiger partial charge in [-0.25, -0.2) is 0 Å². The van der Waals surface area contributed by atoms with Crippen LogP contribution in [0.5, 0.6) is 5.75 Å². The molecule has 3 heterocycles. The maximum atomic E-state index is 5.96. The molecule has 2 aliphatic heterocycles. The molecule has 5 rings (SSSR count). The molecular weight excluding hydrogens is 324 g/mol. The highest BCUT2D eigenvalue weighted by Gasteiger charge is 2.43. The lowest BCUT2D eigenvalue weighted by molar-refractivity contribution is 0.199. The molecular formula is C21H24N4O. The number of benzene rings is 2. The van der Waals surface area contributed by atoms with E-state index in [1.807, 2.05) is 6.20 Å². The second-order valence-corrected chi connectivity index (χ2v) is 7.72. The summed E-state index contributed by atoms with van der Waals surface area (Å²) in [6.07, 6.45) is 3.17. The molecule has 26 heavy (non-hydrogen) atoms.